The number of rotatable bonds is 4. The Morgan fingerprint density at radius 1 is 1.42 bits per heavy atom. The zero-order valence-electron chi connectivity index (χ0n) is 14.1. The van der Waals surface area contributed by atoms with Crippen molar-refractivity contribution < 1.29 is 9.53 Å². The van der Waals surface area contributed by atoms with E-state index < -0.39 is 0 Å². The van der Waals surface area contributed by atoms with Crippen molar-refractivity contribution in [2.75, 3.05) is 19.7 Å². The molecule has 138 valence electrons. The lowest BCUT2D eigenvalue weighted by atomic mass is 9.99. The van der Waals surface area contributed by atoms with E-state index in [0.717, 1.165) is 24.8 Å². The molecule has 24 heavy (non-hydrogen) atoms. The minimum atomic E-state index is 0. The van der Waals surface area contributed by atoms with Gasteiger partial charge in [-0.05, 0) is 31.2 Å². The Balaban J connectivity index is 0.00000144. The lowest BCUT2D eigenvalue weighted by molar-refractivity contribution is -0.140. The molecule has 6 nitrogen and oxygen atoms in total. The van der Waals surface area contributed by atoms with Crippen LogP contribution in [-0.2, 0) is 16.1 Å². The number of halogens is 2. The lowest BCUT2D eigenvalue weighted by Gasteiger charge is -2.33. The average molecular weight is 379 g/mol. The summed E-state index contributed by atoms with van der Waals surface area (Å²) in [6, 6.07) is 0.202. The molecule has 1 unspecified atom stereocenters. The monoisotopic (exact) mass is 378 g/mol. The van der Waals surface area contributed by atoms with Crippen molar-refractivity contribution in [3.8, 4) is 0 Å². The van der Waals surface area contributed by atoms with Crippen molar-refractivity contribution in [3.05, 3.63) is 18.0 Å². The highest BCUT2D eigenvalue weighted by atomic mass is 35.5. The van der Waals surface area contributed by atoms with Gasteiger partial charge in [0.25, 0.3) is 0 Å². The minimum absolute atomic E-state index is 0. The quantitative estimate of drug-likeness (QED) is 0.866. The number of carbonyl (C=O) groups excluding carboxylic acids is 1. The summed E-state index contributed by atoms with van der Waals surface area (Å²) in [5, 5.41) is 4.29. The Hall–Kier alpha value is -0.820. The molecule has 1 saturated heterocycles. The van der Waals surface area contributed by atoms with Crippen LogP contribution in [0.1, 0.15) is 31.2 Å². The third-order valence-electron chi connectivity index (χ3n) is 4.80. The first-order valence-corrected chi connectivity index (χ1v) is 8.26. The predicted molar refractivity (Wildman–Crippen MR) is 97.7 cm³/mol. The highest BCUT2D eigenvalue weighted by Crippen LogP contribution is 2.27. The normalized spacial score (nSPS) is 26.6. The van der Waals surface area contributed by atoms with Gasteiger partial charge in [-0.2, -0.15) is 5.10 Å². The van der Waals surface area contributed by atoms with E-state index in [0.29, 0.717) is 38.6 Å². The molecule has 2 fully saturated rings. The molecule has 8 heteroatoms. The second kappa shape index (κ2) is 9.61. The number of nitrogens with two attached hydrogens (primary N) is 1. The zero-order valence-corrected chi connectivity index (χ0v) is 15.7. The predicted octanol–water partition coefficient (Wildman–Crippen LogP) is 1.78. The average Bonchev–Trinajstić information content (AvgIpc) is 3.08. The zero-order chi connectivity index (χ0) is 15.5. The fraction of sp³-hybridized carbons (Fsp3) is 0.750. The first-order chi connectivity index (χ1) is 10.6. The van der Waals surface area contributed by atoms with E-state index in [1.165, 1.54) is 0 Å². The smallest absolute Gasteiger partial charge is 0.223 e. The summed E-state index contributed by atoms with van der Waals surface area (Å²) in [5.41, 5.74) is 7.22. The number of carbonyl (C=O) groups is 1. The molecule has 0 radical (unpaired) electrons. The van der Waals surface area contributed by atoms with Crippen LogP contribution in [0.4, 0.5) is 0 Å². The van der Waals surface area contributed by atoms with Crippen LogP contribution in [0.5, 0.6) is 0 Å². The van der Waals surface area contributed by atoms with Gasteiger partial charge in [0.1, 0.15) is 0 Å². The Labute approximate surface area is 155 Å². The molecule has 0 spiro atoms. The molecule has 0 bridgehead atoms. The molecule has 2 N–H and O–H groups in total. The molecule has 1 saturated carbocycles. The van der Waals surface area contributed by atoms with E-state index in [9.17, 15) is 4.79 Å². The van der Waals surface area contributed by atoms with Crippen LogP contribution in [0.25, 0.3) is 0 Å². The maximum Gasteiger partial charge on any atom is 0.223 e. The van der Waals surface area contributed by atoms with E-state index >= 15 is 0 Å². The SMILES string of the molecule is Cc1cnn(CC2CN(C(=O)C[C@@H]3CCC[C@H]3N)CCO2)c1.Cl.Cl. The molecular weight excluding hydrogens is 351 g/mol. The second-order valence-electron chi connectivity index (χ2n) is 6.63. The maximum atomic E-state index is 12.5. The van der Waals surface area contributed by atoms with Crippen molar-refractivity contribution in [2.24, 2.45) is 11.7 Å². The summed E-state index contributed by atoms with van der Waals surface area (Å²) in [5.74, 6) is 0.592. The maximum absolute atomic E-state index is 12.5. The van der Waals surface area contributed by atoms with E-state index in [4.69, 9.17) is 10.5 Å². The van der Waals surface area contributed by atoms with Crippen LogP contribution in [-0.4, -0.2) is 52.4 Å². The summed E-state index contributed by atoms with van der Waals surface area (Å²) >= 11 is 0. The van der Waals surface area contributed by atoms with Crippen molar-refractivity contribution in [1.29, 1.82) is 0 Å². The van der Waals surface area contributed by atoms with Gasteiger partial charge in [0.2, 0.25) is 5.91 Å². The summed E-state index contributed by atoms with van der Waals surface area (Å²) in [6.45, 7) is 4.66. The third kappa shape index (κ3) is 5.34. The van der Waals surface area contributed by atoms with Crippen molar-refractivity contribution >= 4 is 30.7 Å². The van der Waals surface area contributed by atoms with Crippen molar-refractivity contribution in [3.63, 3.8) is 0 Å². The highest BCUT2D eigenvalue weighted by Gasteiger charge is 2.30. The molecular formula is C16H28Cl2N4O2. The summed E-state index contributed by atoms with van der Waals surface area (Å²) in [7, 11) is 0. The number of morpholine rings is 1. The first kappa shape index (κ1) is 21.2. The molecule has 3 rings (SSSR count). The van der Waals surface area contributed by atoms with E-state index in [1.54, 1.807) is 0 Å². The molecule has 1 aromatic heterocycles. The molecule has 3 atom stereocenters. The fourth-order valence-electron chi connectivity index (χ4n) is 3.50. The van der Waals surface area contributed by atoms with Crippen LogP contribution in [0.3, 0.4) is 0 Å². The highest BCUT2D eigenvalue weighted by molar-refractivity contribution is 5.85. The largest absolute Gasteiger partial charge is 0.373 e. The van der Waals surface area contributed by atoms with Crippen LogP contribution < -0.4 is 5.73 Å². The number of hydrogen-bond acceptors (Lipinski definition) is 4. The van der Waals surface area contributed by atoms with Gasteiger partial charge < -0.3 is 15.4 Å². The van der Waals surface area contributed by atoms with Gasteiger partial charge in [0, 0.05) is 31.7 Å². The van der Waals surface area contributed by atoms with Gasteiger partial charge in [-0.3, -0.25) is 9.48 Å². The Bertz CT molecular complexity index is 526. The Kier molecular flexibility index (Phi) is 8.50. The summed E-state index contributed by atoms with van der Waals surface area (Å²) in [6.07, 6.45) is 7.76. The standard InChI is InChI=1S/C16H26N4O2.2ClH/c1-12-8-18-20(9-12)11-14-10-19(5-6-22-14)16(21)7-13-3-2-4-15(13)17;;/h8-9,13-15H,2-7,10-11,17H2,1H3;2*1H/t13-,14?,15+;;/m0../s1. The van der Waals surface area contributed by atoms with Crippen LogP contribution in [0, 0.1) is 12.8 Å². The molecule has 1 aromatic rings. The molecule has 1 aliphatic carbocycles. The molecule has 1 aliphatic heterocycles. The summed E-state index contributed by atoms with van der Waals surface area (Å²) < 4.78 is 7.67. The lowest BCUT2D eigenvalue weighted by Crippen LogP contribution is -2.47. The number of hydrogen-bond donors (Lipinski definition) is 1. The first-order valence-electron chi connectivity index (χ1n) is 8.26. The van der Waals surface area contributed by atoms with Crippen LogP contribution >= 0.6 is 24.8 Å². The van der Waals surface area contributed by atoms with Gasteiger partial charge in [0.15, 0.2) is 0 Å². The van der Waals surface area contributed by atoms with Gasteiger partial charge >= 0.3 is 0 Å². The topological polar surface area (TPSA) is 73.4 Å². The second-order valence-corrected chi connectivity index (χ2v) is 6.63. The number of aromatic nitrogens is 2. The van der Waals surface area contributed by atoms with Crippen molar-refractivity contribution in [2.45, 2.75) is 51.3 Å². The number of nitrogens with zero attached hydrogens (tertiary/aromatic N) is 3. The molecule has 1 amide bonds. The van der Waals surface area contributed by atoms with Crippen LogP contribution in [0.15, 0.2) is 12.4 Å². The van der Waals surface area contributed by atoms with Gasteiger partial charge in [0.05, 0.1) is 25.5 Å². The van der Waals surface area contributed by atoms with Gasteiger partial charge in [-0.15, -0.1) is 24.8 Å². The van der Waals surface area contributed by atoms with Crippen molar-refractivity contribution in [1.82, 2.24) is 14.7 Å². The molecule has 2 heterocycles. The van der Waals surface area contributed by atoms with E-state index in [2.05, 4.69) is 5.10 Å². The van der Waals surface area contributed by atoms with Gasteiger partial charge in [-0.25, -0.2) is 0 Å². The summed E-state index contributed by atoms with van der Waals surface area (Å²) in [4.78, 5) is 14.4. The Morgan fingerprint density at radius 3 is 2.83 bits per heavy atom. The third-order valence-corrected chi connectivity index (χ3v) is 4.80. The van der Waals surface area contributed by atoms with E-state index in [-0.39, 0.29) is 42.9 Å². The fourth-order valence-corrected chi connectivity index (χ4v) is 3.50. The molecule has 0 aromatic carbocycles. The van der Waals surface area contributed by atoms with Gasteiger partial charge in [-0.1, -0.05) is 6.42 Å². The number of amides is 1. The minimum Gasteiger partial charge on any atom is -0.373 e. The number of ether oxygens (including phenoxy) is 1. The van der Waals surface area contributed by atoms with Crippen LogP contribution in [0.2, 0.25) is 0 Å². The Morgan fingerprint density at radius 2 is 2.21 bits per heavy atom. The van der Waals surface area contributed by atoms with E-state index in [1.807, 2.05) is 28.9 Å². The molecule has 2 aliphatic rings. The number of aryl methyl sites for hydroxylation is 1.